The lowest BCUT2D eigenvalue weighted by Gasteiger charge is -2.35. The number of anilines is 1. The van der Waals surface area contributed by atoms with Gasteiger partial charge in [0.2, 0.25) is 15.9 Å². The number of carbonyl (C=O) groups excluding carboxylic acids is 1. The molecule has 1 saturated carbocycles. The predicted molar refractivity (Wildman–Crippen MR) is 137 cm³/mol. The maximum Gasteiger partial charge on any atom is 0.275 e. The first-order valence-electron chi connectivity index (χ1n) is 12.3. The van der Waals surface area contributed by atoms with Crippen LogP contribution in [0.3, 0.4) is 0 Å². The van der Waals surface area contributed by atoms with E-state index in [1.54, 1.807) is 50.4 Å². The van der Waals surface area contributed by atoms with Crippen LogP contribution in [-0.2, 0) is 16.6 Å². The maximum atomic E-state index is 13.7. The molecule has 1 aliphatic carbocycles. The highest BCUT2D eigenvalue weighted by molar-refractivity contribution is 7.89. The second-order valence-corrected chi connectivity index (χ2v) is 11.3. The molecule has 0 atom stereocenters. The molecule has 3 heterocycles. The number of sulfonamides is 1. The Morgan fingerprint density at radius 3 is 2.35 bits per heavy atom. The Kier molecular flexibility index (Phi) is 6.91. The number of hydrogen-bond acceptors (Lipinski definition) is 8. The summed E-state index contributed by atoms with van der Waals surface area (Å²) in [5, 5.41) is 0. The third-order valence-electron chi connectivity index (χ3n) is 6.85. The number of piperazine rings is 1. The van der Waals surface area contributed by atoms with Crippen molar-refractivity contribution in [2.45, 2.75) is 44.2 Å². The molecule has 0 bridgehead atoms. The van der Waals surface area contributed by atoms with Crippen molar-refractivity contribution in [3.63, 3.8) is 0 Å². The monoisotopic (exact) mass is 525 g/mol. The molecule has 2 aliphatic rings. The van der Waals surface area contributed by atoms with Crippen molar-refractivity contribution in [3.05, 3.63) is 65.6 Å². The number of carbonyl (C=O) groups is 1. The molecule has 0 N–H and O–H groups in total. The van der Waals surface area contributed by atoms with Gasteiger partial charge in [-0.05, 0) is 62.1 Å². The number of nitrogens with zero attached hydrogens (tertiary/aromatic N) is 5. The fraction of sp³-hybridized carbons (Fsp3) is 0.423. The van der Waals surface area contributed by atoms with Crippen LogP contribution in [0.1, 0.15) is 40.3 Å². The van der Waals surface area contributed by atoms with E-state index in [0.29, 0.717) is 43.1 Å². The Bertz CT molecular complexity index is 1360. The number of oxazole rings is 1. The van der Waals surface area contributed by atoms with Gasteiger partial charge in [0.1, 0.15) is 12.0 Å². The van der Waals surface area contributed by atoms with Crippen LogP contribution in [0, 0.1) is 13.8 Å². The van der Waals surface area contributed by atoms with Gasteiger partial charge in [-0.25, -0.2) is 13.4 Å². The second kappa shape index (κ2) is 10.1. The molecule has 1 saturated heterocycles. The summed E-state index contributed by atoms with van der Waals surface area (Å²) in [4.78, 5) is 25.8. The number of methoxy groups -OCH3 is 1. The third-order valence-corrected chi connectivity index (χ3v) is 9.05. The summed E-state index contributed by atoms with van der Waals surface area (Å²) in [6.45, 7) is 6.03. The first-order valence-corrected chi connectivity index (χ1v) is 13.8. The van der Waals surface area contributed by atoms with Crippen molar-refractivity contribution in [1.29, 1.82) is 0 Å². The average molecular weight is 526 g/mol. The van der Waals surface area contributed by atoms with E-state index in [2.05, 4.69) is 14.9 Å². The van der Waals surface area contributed by atoms with Crippen molar-refractivity contribution >= 4 is 21.6 Å². The molecule has 0 radical (unpaired) electrons. The Morgan fingerprint density at radius 1 is 1.11 bits per heavy atom. The lowest BCUT2D eigenvalue weighted by molar-refractivity contribution is 0.0740. The van der Waals surface area contributed by atoms with Crippen LogP contribution in [-0.4, -0.2) is 72.8 Å². The van der Waals surface area contributed by atoms with Gasteiger partial charge in [-0.1, -0.05) is 0 Å². The Hall–Kier alpha value is -3.44. The fourth-order valence-corrected chi connectivity index (χ4v) is 6.87. The largest absolute Gasteiger partial charge is 0.497 e. The van der Waals surface area contributed by atoms with Crippen LogP contribution in [0.2, 0.25) is 0 Å². The molecule has 1 aromatic carbocycles. The number of pyridine rings is 1. The number of aromatic nitrogens is 2. The fourth-order valence-electron chi connectivity index (χ4n) is 4.83. The van der Waals surface area contributed by atoms with Crippen molar-refractivity contribution in [2.75, 3.05) is 38.2 Å². The molecule has 37 heavy (non-hydrogen) atoms. The van der Waals surface area contributed by atoms with E-state index in [1.165, 1.54) is 10.6 Å². The van der Waals surface area contributed by atoms with Gasteiger partial charge in [-0.3, -0.25) is 9.78 Å². The van der Waals surface area contributed by atoms with E-state index < -0.39 is 10.0 Å². The minimum Gasteiger partial charge on any atom is -0.497 e. The molecule has 196 valence electrons. The molecule has 0 spiro atoms. The number of ether oxygens (including phenoxy) is 1. The number of benzene rings is 1. The zero-order chi connectivity index (χ0) is 26.2. The molecule has 2 fully saturated rings. The summed E-state index contributed by atoms with van der Waals surface area (Å²) >= 11 is 0. The van der Waals surface area contributed by atoms with E-state index in [9.17, 15) is 13.2 Å². The number of hydrogen-bond donors (Lipinski definition) is 0. The second-order valence-electron chi connectivity index (χ2n) is 9.48. The molecule has 11 heteroatoms. The van der Waals surface area contributed by atoms with Crippen LogP contribution >= 0.6 is 0 Å². The van der Waals surface area contributed by atoms with Crippen LogP contribution in [0.5, 0.6) is 5.75 Å². The van der Waals surface area contributed by atoms with Gasteiger partial charge in [-0.2, -0.15) is 4.31 Å². The number of amides is 1. The predicted octanol–water partition coefficient (Wildman–Crippen LogP) is 3.01. The summed E-state index contributed by atoms with van der Waals surface area (Å²) in [5.74, 6) is 0.606. The van der Waals surface area contributed by atoms with Crippen molar-refractivity contribution < 1.29 is 22.4 Å². The number of rotatable bonds is 8. The molecule has 5 rings (SSSR count). The first-order chi connectivity index (χ1) is 17.8. The summed E-state index contributed by atoms with van der Waals surface area (Å²) in [6.07, 6.45) is 6.40. The Morgan fingerprint density at radius 2 is 1.76 bits per heavy atom. The van der Waals surface area contributed by atoms with Gasteiger partial charge in [0.05, 0.1) is 18.6 Å². The lowest BCUT2D eigenvalue weighted by atomic mass is 10.1. The molecular formula is C26H31N5O5S. The minimum absolute atomic E-state index is 0.0268. The van der Waals surface area contributed by atoms with Crippen LogP contribution in [0.25, 0.3) is 0 Å². The Balaban J connectivity index is 1.29. The number of aryl methyl sites for hydroxylation is 2. The molecular weight excluding hydrogens is 494 g/mol. The Labute approximate surface area is 216 Å². The van der Waals surface area contributed by atoms with E-state index in [1.807, 2.05) is 12.1 Å². The van der Waals surface area contributed by atoms with Crippen molar-refractivity contribution in [3.8, 4) is 5.75 Å². The summed E-state index contributed by atoms with van der Waals surface area (Å²) < 4.78 is 39.8. The van der Waals surface area contributed by atoms with Gasteiger partial charge < -0.3 is 19.0 Å². The topological polar surface area (TPSA) is 109 Å². The van der Waals surface area contributed by atoms with Gasteiger partial charge in [0.25, 0.3) is 5.91 Å². The van der Waals surface area contributed by atoms with E-state index in [-0.39, 0.29) is 35.0 Å². The van der Waals surface area contributed by atoms with Crippen LogP contribution in [0.15, 0.2) is 52.2 Å². The standard InChI is InChI=1S/C26H31N5O5S/c1-18-14-22(35-3)15-19(2)25(18)37(33,34)31(21-4-5-21)16-24-28-23(17-36-24)26(32)30-12-10-29(11-13-30)20-6-8-27-9-7-20/h6-9,14-15,17,21H,4-5,10-13,16H2,1-3H3. The molecule has 1 aliphatic heterocycles. The SMILES string of the molecule is COc1cc(C)c(S(=O)(=O)N(Cc2nc(C(=O)N3CCN(c4ccncc4)CC3)co2)C2CC2)c(C)c1. The average Bonchev–Trinajstić information content (AvgIpc) is 3.63. The molecule has 0 unspecified atom stereocenters. The van der Waals surface area contributed by atoms with E-state index in [4.69, 9.17) is 9.15 Å². The smallest absolute Gasteiger partial charge is 0.275 e. The van der Waals surface area contributed by atoms with E-state index >= 15 is 0 Å². The molecule has 10 nitrogen and oxygen atoms in total. The highest BCUT2D eigenvalue weighted by atomic mass is 32.2. The highest BCUT2D eigenvalue weighted by Gasteiger charge is 2.40. The quantitative estimate of drug-likeness (QED) is 0.442. The first kappa shape index (κ1) is 25.2. The third kappa shape index (κ3) is 5.19. The zero-order valence-electron chi connectivity index (χ0n) is 21.3. The lowest BCUT2D eigenvalue weighted by Crippen LogP contribution is -2.48. The highest BCUT2D eigenvalue weighted by Crippen LogP contribution is 2.36. The van der Waals surface area contributed by atoms with Crippen molar-refractivity contribution in [1.82, 2.24) is 19.2 Å². The van der Waals surface area contributed by atoms with Gasteiger partial charge in [0, 0.05) is 50.3 Å². The van der Waals surface area contributed by atoms with E-state index in [0.717, 1.165) is 18.5 Å². The summed E-state index contributed by atoms with van der Waals surface area (Å²) in [5.41, 5.74) is 2.51. The minimum atomic E-state index is -3.81. The van der Waals surface area contributed by atoms with Gasteiger partial charge in [0.15, 0.2) is 5.69 Å². The molecule has 1 amide bonds. The molecule has 2 aromatic heterocycles. The normalized spacial score (nSPS) is 16.3. The molecule has 3 aromatic rings. The van der Waals surface area contributed by atoms with Crippen LogP contribution in [0.4, 0.5) is 5.69 Å². The summed E-state index contributed by atoms with van der Waals surface area (Å²) in [7, 11) is -2.26. The van der Waals surface area contributed by atoms with Gasteiger partial charge >= 0.3 is 0 Å². The van der Waals surface area contributed by atoms with Crippen LogP contribution < -0.4 is 9.64 Å². The summed E-state index contributed by atoms with van der Waals surface area (Å²) in [6, 6.07) is 7.24. The maximum absolute atomic E-state index is 13.7. The van der Waals surface area contributed by atoms with Crippen molar-refractivity contribution in [2.24, 2.45) is 0 Å². The van der Waals surface area contributed by atoms with Gasteiger partial charge in [-0.15, -0.1) is 0 Å². The zero-order valence-corrected chi connectivity index (χ0v) is 22.1.